The monoisotopic (exact) mass is 174 g/mol. The molecule has 1 rings (SSSR count). The van der Waals surface area contributed by atoms with Gasteiger partial charge in [0.25, 0.3) is 0 Å². The van der Waals surface area contributed by atoms with Gasteiger partial charge in [0, 0.05) is 11.9 Å². The van der Waals surface area contributed by atoms with E-state index in [1.54, 1.807) is 0 Å². The van der Waals surface area contributed by atoms with E-state index in [1.807, 2.05) is 18.3 Å². The lowest BCUT2D eigenvalue weighted by molar-refractivity contribution is 0.999. The van der Waals surface area contributed by atoms with Crippen LogP contribution in [0, 0.1) is 0 Å². The predicted octanol–water partition coefficient (Wildman–Crippen LogP) is 1.37. The summed E-state index contributed by atoms with van der Waals surface area (Å²) in [5, 5.41) is 0. The quantitative estimate of drug-likeness (QED) is 0.491. The molecule has 0 radical (unpaired) electrons. The van der Waals surface area contributed by atoms with E-state index in [-0.39, 0.29) is 4.95 Å². The fourth-order valence-corrected chi connectivity index (χ4v) is 0.801. The molecule has 1 heterocycles. The van der Waals surface area contributed by atoms with Gasteiger partial charge >= 0.3 is 0 Å². The number of aromatic amines is 1. The molecule has 0 aliphatic carbocycles. The minimum atomic E-state index is -0.0579. The Morgan fingerprint density at radius 3 is 2.75 bits per heavy atom. The Kier molecular flexibility index (Phi) is 1.70. The van der Waals surface area contributed by atoms with Crippen LogP contribution >= 0.6 is 15.9 Å². The van der Waals surface area contributed by atoms with Crippen molar-refractivity contribution in [3.63, 3.8) is 0 Å². The van der Waals surface area contributed by atoms with Gasteiger partial charge in [-0.1, -0.05) is 15.9 Å². The number of hydrogen-bond acceptors (Lipinski definition) is 1. The van der Waals surface area contributed by atoms with Gasteiger partial charge in [0.05, 0.1) is 0 Å². The van der Waals surface area contributed by atoms with E-state index in [2.05, 4.69) is 20.9 Å². The maximum atomic E-state index is 5.44. The van der Waals surface area contributed by atoms with Gasteiger partial charge in [0.1, 0.15) is 4.95 Å². The van der Waals surface area contributed by atoms with Crippen LogP contribution in [0.25, 0.3) is 0 Å². The van der Waals surface area contributed by atoms with Gasteiger partial charge in [0.2, 0.25) is 0 Å². The van der Waals surface area contributed by atoms with Crippen molar-refractivity contribution in [2.45, 2.75) is 4.95 Å². The molecule has 44 valence electrons. The summed E-state index contributed by atoms with van der Waals surface area (Å²) in [5.41, 5.74) is 6.45. The predicted molar refractivity (Wildman–Crippen MR) is 36.6 cm³/mol. The van der Waals surface area contributed by atoms with Gasteiger partial charge in [0.15, 0.2) is 0 Å². The Morgan fingerprint density at radius 2 is 2.50 bits per heavy atom. The van der Waals surface area contributed by atoms with Crippen LogP contribution in [0.5, 0.6) is 0 Å². The second-order valence-electron chi connectivity index (χ2n) is 1.53. The van der Waals surface area contributed by atoms with Gasteiger partial charge in [-0.25, -0.2) is 0 Å². The zero-order chi connectivity index (χ0) is 5.98. The Morgan fingerprint density at radius 1 is 1.75 bits per heavy atom. The lowest BCUT2D eigenvalue weighted by atomic mass is 10.4. The summed E-state index contributed by atoms with van der Waals surface area (Å²) in [7, 11) is 0. The summed E-state index contributed by atoms with van der Waals surface area (Å²) < 4.78 is 0. The molecule has 3 heteroatoms. The van der Waals surface area contributed by atoms with E-state index >= 15 is 0 Å². The standard InChI is InChI=1S/C5H7BrN2/c6-5(7)4-2-1-3-8-4/h1-3,5,8H,7H2. The molecule has 0 fully saturated rings. The maximum absolute atomic E-state index is 5.44. The fraction of sp³-hybridized carbons (Fsp3) is 0.200. The molecular formula is C5H7BrN2. The number of aromatic nitrogens is 1. The van der Waals surface area contributed by atoms with Gasteiger partial charge < -0.3 is 10.7 Å². The maximum Gasteiger partial charge on any atom is 0.101 e. The van der Waals surface area contributed by atoms with E-state index in [0.717, 1.165) is 5.69 Å². The van der Waals surface area contributed by atoms with Crippen molar-refractivity contribution < 1.29 is 0 Å². The average molecular weight is 175 g/mol. The van der Waals surface area contributed by atoms with Gasteiger partial charge in [-0.05, 0) is 12.1 Å². The molecule has 0 aliphatic rings. The van der Waals surface area contributed by atoms with E-state index in [9.17, 15) is 0 Å². The van der Waals surface area contributed by atoms with E-state index in [0.29, 0.717) is 0 Å². The van der Waals surface area contributed by atoms with Crippen molar-refractivity contribution in [3.8, 4) is 0 Å². The molecule has 0 spiro atoms. The number of alkyl halides is 1. The molecule has 0 aliphatic heterocycles. The Balaban J connectivity index is 2.77. The largest absolute Gasteiger partial charge is 0.363 e. The third kappa shape index (κ3) is 1.11. The topological polar surface area (TPSA) is 41.8 Å². The Labute approximate surface area is 56.2 Å². The molecule has 8 heavy (non-hydrogen) atoms. The van der Waals surface area contributed by atoms with Gasteiger partial charge in [-0.15, -0.1) is 0 Å². The minimum Gasteiger partial charge on any atom is -0.363 e. The second kappa shape index (κ2) is 2.33. The molecule has 1 unspecified atom stereocenters. The number of nitrogens with two attached hydrogens (primary N) is 1. The highest BCUT2D eigenvalue weighted by molar-refractivity contribution is 9.09. The molecule has 0 bridgehead atoms. The van der Waals surface area contributed by atoms with Crippen molar-refractivity contribution >= 4 is 15.9 Å². The van der Waals surface area contributed by atoms with E-state index in [4.69, 9.17) is 5.73 Å². The third-order valence-corrected chi connectivity index (χ3v) is 1.41. The molecule has 3 N–H and O–H groups in total. The molecule has 1 atom stereocenters. The smallest absolute Gasteiger partial charge is 0.101 e. The molecule has 2 nitrogen and oxygen atoms in total. The normalized spacial score (nSPS) is 13.8. The minimum absolute atomic E-state index is 0.0579. The fourth-order valence-electron chi connectivity index (χ4n) is 0.516. The highest BCUT2D eigenvalue weighted by atomic mass is 79.9. The van der Waals surface area contributed by atoms with Crippen LogP contribution < -0.4 is 5.73 Å². The van der Waals surface area contributed by atoms with Crippen molar-refractivity contribution in [1.29, 1.82) is 0 Å². The summed E-state index contributed by atoms with van der Waals surface area (Å²) in [5.74, 6) is 0. The lowest BCUT2D eigenvalue weighted by Gasteiger charge is -1.95. The number of rotatable bonds is 1. The first-order chi connectivity index (χ1) is 3.80. The Bertz CT molecular complexity index is 145. The average Bonchev–Trinajstić information content (AvgIpc) is 2.12. The van der Waals surface area contributed by atoms with Crippen LogP contribution in [-0.2, 0) is 0 Å². The molecule has 0 amide bonds. The van der Waals surface area contributed by atoms with Crippen LogP contribution in [0.1, 0.15) is 10.6 Å². The Hall–Kier alpha value is -0.280. The van der Waals surface area contributed by atoms with Gasteiger partial charge in [-0.3, -0.25) is 0 Å². The van der Waals surface area contributed by atoms with Crippen LogP contribution in [0.15, 0.2) is 18.3 Å². The molecule has 1 aromatic rings. The van der Waals surface area contributed by atoms with Crippen molar-refractivity contribution in [2.75, 3.05) is 0 Å². The van der Waals surface area contributed by atoms with Crippen molar-refractivity contribution in [2.24, 2.45) is 5.73 Å². The van der Waals surface area contributed by atoms with Crippen LogP contribution in [0.2, 0.25) is 0 Å². The summed E-state index contributed by atoms with van der Waals surface area (Å²) in [6, 6.07) is 3.84. The number of H-pyrrole nitrogens is 1. The van der Waals surface area contributed by atoms with E-state index < -0.39 is 0 Å². The summed E-state index contributed by atoms with van der Waals surface area (Å²) in [4.78, 5) is 2.91. The summed E-state index contributed by atoms with van der Waals surface area (Å²) >= 11 is 3.21. The SMILES string of the molecule is NC(Br)c1ccc[nH]1. The first-order valence-electron chi connectivity index (χ1n) is 2.33. The molecular weight excluding hydrogens is 168 g/mol. The number of nitrogens with one attached hydrogen (secondary N) is 1. The second-order valence-corrected chi connectivity index (χ2v) is 2.51. The number of hydrogen-bond donors (Lipinski definition) is 2. The first-order valence-corrected chi connectivity index (χ1v) is 3.25. The summed E-state index contributed by atoms with van der Waals surface area (Å²) in [6.45, 7) is 0. The molecule has 0 saturated heterocycles. The molecule has 0 aromatic carbocycles. The number of halogens is 1. The summed E-state index contributed by atoms with van der Waals surface area (Å²) in [6.07, 6.45) is 1.84. The van der Waals surface area contributed by atoms with Crippen LogP contribution in [0.4, 0.5) is 0 Å². The van der Waals surface area contributed by atoms with Gasteiger partial charge in [-0.2, -0.15) is 0 Å². The van der Waals surface area contributed by atoms with Crippen LogP contribution in [-0.4, -0.2) is 4.98 Å². The highest BCUT2D eigenvalue weighted by Crippen LogP contribution is 2.12. The molecule has 0 saturated carbocycles. The van der Waals surface area contributed by atoms with Crippen molar-refractivity contribution in [3.05, 3.63) is 24.0 Å². The zero-order valence-electron chi connectivity index (χ0n) is 4.26. The van der Waals surface area contributed by atoms with Crippen LogP contribution in [0.3, 0.4) is 0 Å². The third-order valence-electron chi connectivity index (χ3n) is 0.919. The molecule has 1 aromatic heterocycles. The first kappa shape index (κ1) is 5.85. The lowest BCUT2D eigenvalue weighted by Crippen LogP contribution is -2.00. The highest BCUT2D eigenvalue weighted by Gasteiger charge is 1.97. The van der Waals surface area contributed by atoms with E-state index in [1.165, 1.54) is 0 Å². The van der Waals surface area contributed by atoms with Crippen molar-refractivity contribution in [1.82, 2.24) is 4.98 Å². The zero-order valence-corrected chi connectivity index (χ0v) is 5.85.